The first-order chi connectivity index (χ1) is 21.4. The highest BCUT2D eigenvalue weighted by molar-refractivity contribution is 5.88. The second kappa shape index (κ2) is 12.9. The van der Waals surface area contributed by atoms with E-state index in [-0.39, 0.29) is 28.4 Å². The summed E-state index contributed by atoms with van der Waals surface area (Å²) in [6.45, 7) is -1.64. The third kappa shape index (κ3) is 5.98. The lowest BCUT2D eigenvalue weighted by Gasteiger charge is -2.45. The maximum Gasteiger partial charge on any atom is 0.239 e. The fraction of sp³-hybridized carbons (Fsp3) is 0.464. The molecule has 246 valence electrons. The lowest BCUT2D eigenvalue weighted by Crippen LogP contribution is -2.65. The van der Waals surface area contributed by atoms with Crippen LogP contribution in [0.3, 0.4) is 0 Å². The molecule has 0 aliphatic carbocycles. The van der Waals surface area contributed by atoms with Gasteiger partial charge in [-0.1, -0.05) is 0 Å². The number of hydrogen-bond acceptors (Lipinski definition) is 17. The fourth-order valence-corrected chi connectivity index (χ4v) is 5.15. The molecule has 3 aromatic rings. The van der Waals surface area contributed by atoms with Crippen molar-refractivity contribution in [1.82, 2.24) is 0 Å². The molecule has 0 bridgehead atoms. The SMILES string of the molecule is COc1cc(-c2oc3cc(O)cc(O)c3c(=O)c2OC2OC(CO)C(OC3OC(CO)C(O)C(O)C3O)C(O)C2O)ccc1O. The minimum absolute atomic E-state index is 0.0298. The van der Waals surface area contributed by atoms with Gasteiger partial charge in [-0.15, -0.1) is 0 Å². The Labute approximate surface area is 252 Å². The van der Waals surface area contributed by atoms with E-state index in [1.54, 1.807) is 0 Å². The van der Waals surface area contributed by atoms with Gasteiger partial charge in [-0.05, 0) is 18.2 Å². The fourth-order valence-electron chi connectivity index (χ4n) is 5.15. The maximum atomic E-state index is 13.7. The van der Waals surface area contributed by atoms with Crippen molar-refractivity contribution >= 4 is 11.0 Å². The van der Waals surface area contributed by atoms with E-state index in [2.05, 4.69) is 0 Å². The number of methoxy groups -OCH3 is 1. The van der Waals surface area contributed by atoms with Crippen molar-refractivity contribution in [3.63, 3.8) is 0 Å². The van der Waals surface area contributed by atoms with Crippen LogP contribution in [0.2, 0.25) is 0 Å². The summed E-state index contributed by atoms with van der Waals surface area (Å²) in [6.07, 6.45) is -17.5. The van der Waals surface area contributed by atoms with Crippen molar-refractivity contribution in [2.24, 2.45) is 0 Å². The third-order valence-corrected chi connectivity index (χ3v) is 7.55. The highest BCUT2D eigenvalue weighted by Crippen LogP contribution is 2.40. The average Bonchev–Trinajstić information content (AvgIpc) is 3.01. The van der Waals surface area contributed by atoms with E-state index in [9.17, 15) is 55.9 Å². The Morgan fingerprint density at radius 1 is 0.778 bits per heavy atom. The Hall–Kier alpha value is -3.75. The summed E-state index contributed by atoms with van der Waals surface area (Å²) in [5.41, 5.74) is -1.17. The molecule has 2 saturated heterocycles. The number of phenolic OH excluding ortho intramolecular Hbond substituents is 3. The first kappa shape index (κ1) is 32.6. The van der Waals surface area contributed by atoms with Crippen LogP contribution in [0.15, 0.2) is 39.5 Å². The van der Waals surface area contributed by atoms with Crippen LogP contribution in [0.1, 0.15) is 0 Å². The van der Waals surface area contributed by atoms with Crippen molar-refractivity contribution in [1.29, 1.82) is 0 Å². The summed E-state index contributed by atoms with van der Waals surface area (Å²) in [4.78, 5) is 13.7. The zero-order valence-corrected chi connectivity index (χ0v) is 23.4. The highest BCUT2D eigenvalue weighted by Gasteiger charge is 2.51. The second-order valence-electron chi connectivity index (χ2n) is 10.4. The summed E-state index contributed by atoms with van der Waals surface area (Å²) in [7, 11) is 1.27. The molecule has 0 amide bonds. The molecule has 10 N–H and O–H groups in total. The molecule has 1 aromatic heterocycles. The summed E-state index contributed by atoms with van der Waals surface area (Å²) in [5, 5.41) is 102. The van der Waals surface area contributed by atoms with Gasteiger partial charge in [0.15, 0.2) is 23.5 Å². The molecule has 2 aliphatic heterocycles. The number of phenols is 3. The van der Waals surface area contributed by atoms with Gasteiger partial charge >= 0.3 is 0 Å². The first-order valence-electron chi connectivity index (χ1n) is 13.5. The lowest BCUT2D eigenvalue weighted by molar-refractivity contribution is -0.352. The molecule has 2 aliphatic rings. The van der Waals surface area contributed by atoms with Crippen molar-refractivity contribution in [3.8, 4) is 40.1 Å². The number of aromatic hydroxyl groups is 3. The van der Waals surface area contributed by atoms with Crippen LogP contribution in [-0.4, -0.2) is 133 Å². The van der Waals surface area contributed by atoms with Crippen LogP contribution in [0, 0.1) is 0 Å². The zero-order valence-electron chi connectivity index (χ0n) is 23.4. The molecule has 10 atom stereocenters. The highest BCUT2D eigenvalue weighted by atomic mass is 16.7. The lowest BCUT2D eigenvalue weighted by atomic mass is 9.97. The zero-order chi connectivity index (χ0) is 32.7. The number of aliphatic hydroxyl groups is 7. The van der Waals surface area contributed by atoms with E-state index < -0.39 is 103 Å². The molecule has 2 aromatic carbocycles. The smallest absolute Gasteiger partial charge is 0.239 e. The van der Waals surface area contributed by atoms with E-state index in [0.717, 1.165) is 12.1 Å². The Morgan fingerprint density at radius 3 is 2.11 bits per heavy atom. The number of ether oxygens (including phenoxy) is 5. The monoisotopic (exact) mass is 640 g/mol. The van der Waals surface area contributed by atoms with Crippen LogP contribution >= 0.6 is 0 Å². The van der Waals surface area contributed by atoms with Gasteiger partial charge in [0, 0.05) is 17.7 Å². The molecule has 3 heterocycles. The van der Waals surface area contributed by atoms with Crippen molar-refractivity contribution in [2.45, 2.75) is 61.4 Å². The molecule has 17 heteroatoms. The first-order valence-corrected chi connectivity index (χ1v) is 13.5. The Morgan fingerprint density at radius 2 is 1.44 bits per heavy atom. The number of aliphatic hydroxyl groups excluding tert-OH is 7. The molecule has 0 spiro atoms. The van der Waals surface area contributed by atoms with Gasteiger partial charge in [0.1, 0.15) is 71.3 Å². The van der Waals surface area contributed by atoms with Crippen LogP contribution in [0.4, 0.5) is 0 Å². The standard InChI is InChI=1S/C28H32O17/c1-40-13-4-9(2-3-11(13)32)24-26(19(35)17-12(33)5-10(31)6-14(17)41-24)45-28-23(39)21(37)25(16(8-30)43-28)44-27-22(38)20(36)18(34)15(7-29)42-27/h2-6,15-16,18,20-23,25,27-34,36-39H,7-8H2,1H3. The Bertz CT molecular complexity index is 1570. The van der Waals surface area contributed by atoms with Gasteiger partial charge in [-0.3, -0.25) is 4.79 Å². The van der Waals surface area contributed by atoms with Gasteiger partial charge < -0.3 is 79.2 Å². The van der Waals surface area contributed by atoms with E-state index >= 15 is 0 Å². The van der Waals surface area contributed by atoms with Crippen LogP contribution in [0.5, 0.6) is 28.7 Å². The number of benzene rings is 2. The van der Waals surface area contributed by atoms with Gasteiger partial charge in [-0.25, -0.2) is 0 Å². The van der Waals surface area contributed by atoms with Crippen LogP contribution in [-0.2, 0) is 14.2 Å². The maximum absolute atomic E-state index is 13.7. The minimum atomic E-state index is -2.02. The number of rotatable bonds is 8. The largest absolute Gasteiger partial charge is 0.508 e. The topological polar surface area (TPSA) is 279 Å². The normalized spacial score (nSPS) is 32.0. The minimum Gasteiger partial charge on any atom is -0.508 e. The van der Waals surface area contributed by atoms with Gasteiger partial charge in [-0.2, -0.15) is 0 Å². The molecule has 10 unspecified atom stereocenters. The van der Waals surface area contributed by atoms with Gasteiger partial charge in [0.2, 0.25) is 17.5 Å². The molecular formula is C28H32O17. The van der Waals surface area contributed by atoms with E-state index in [0.29, 0.717) is 0 Å². The summed E-state index contributed by atoms with van der Waals surface area (Å²) < 4.78 is 33.1. The predicted octanol–water partition coefficient (Wildman–Crippen LogP) is -2.41. The average molecular weight is 641 g/mol. The van der Waals surface area contributed by atoms with Gasteiger partial charge in [0.05, 0.1) is 20.3 Å². The molecular weight excluding hydrogens is 608 g/mol. The molecule has 17 nitrogen and oxygen atoms in total. The van der Waals surface area contributed by atoms with E-state index in [4.69, 9.17) is 28.1 Å². The van der Waals surface area contributed by atoms with E-state index in [1.807, 2.05) is 0 Å². The van der Waals surface area contributed by atoms with Crippen LogP contribution in [0.25, 0.3) is 22.3 Å². The third-order valence-electron chi connectivity index (χ3n) is 7.55. The van der Waals surface area contributed by atoms with Crippen LogP contribution < -0.4 is 14.9 Å². The van der Waals surface area contributed by atoms with Crippen molar-refractivity contribution in [3.05, 3.63) is 40.6 Å². The summed E-state index contributed by atoms with van der Waals surface area (Å²) in [6, 6.07) is 5.76. The molecule has 0 radical (unpaired) electrons. The molecule has 5 rings (SSSR count). The summed E-state index contributed by atoms with van der Waals surface area (Å²) >= 11 is 0. The van der Waals surface area contributed by atoms with Crippen molar-refractivity contribution < 1.29 is 79.2 Å². The second-order valence-corrected chi connectivity index (χ2v) is 10.4. The Kier molecular flexibility index (Phi) is 9.38. The number of hydrogen-bond donors (Lipinski definition) is 10. The quantitative estimate of drug-likeness (QED) is 0.123. The van der Waals surface area contributed by atoms with Crippen molar-refractivity contribution in [2.75, 3.05) is 20.3 Å². The summed E-state index contributed by atoms with van der Waals surface area (Å²) in [5.74, 6) is -2.38. The molecule has 0 saturated carbocycles. The Balaban J connectivity index is 1.50. The predicted molar refractivity (Wildman–Crippen MR) is 146 cm³/mol. The number of fused-ring (bicyclic) bond motifs is 1. The van der Waals surface area contributed by atoms with E-state index in [1.165, 1.54) is 25.3 Å². The van der Waals surface area contributed by atoms with Gasteiger partial charge in [0.25, 0.3) is 0 Å². The molecule has 45 heavy (non-hydrogen) atoms. The molecule has 2 fully saturated rings.